The van der Waals surface area contributed by atoms with Crippen LogP contribution in [0.15, 0.2) is 28.7 Å². The molecule has 1 aromatic rings. The van der Waals surface area contributed by atoms with E-state index in [-0.39, 0.29) is 5.92 Å². The van der Waals surface area contributed by atoms with Gasteiger partial charge in [0.25, 0.3) is 0 Å². The molecule has 1 amide bonds. The van der Waals surface area contributed by atoms with Crippen LogP contribution >= 0.6 is 15.9 Å². The standard InChI is InChI=1S/C18H25BrN2O/c1-2-10-21(15-6-8-20-9-7-15)18(22)17-12-16(17)13-4-3-5-14(19)11-13/h3-5,11,15-17,20H,2,6-10,12H2,1H3. The molecule has 1 aliphatic carbocycles. The number of piperidine rings is 1. The highest BCUT2D eigenvalue weighted by Gasteiger charge is 2.46. The molecule has 3 nitrogen and oxygen atoms in total. The summed E-state index contributed by atoms with van der Waals surface area (Å²) in [5.41, 5.74) is 1.30. The number of carbonyl (C=O) groups is 1. The zero-order valence-corrected chi connectivity index (χ0v) is 14.8. The van der Waals surface area contributed by atoms with Crippen LogP contribution in [0.5, 0.6) is 0 Å². The summed E-state index contributed by atoms with van der Waals surface area (Å²) < 4.78 is 1.10. The van der Waals surface area contributed by atoms with E-state index in [4.69, 9.17) is 0 Å². The number of amides is 1. The minimum atomic E-state index is 0.204. The van der Waals surface area contributed by atoms with Gasteiger partial charge in [-0.25, -0.2) is 0 Å². The third-order valence-electron chi connectivity index (χ3n) is 4.88. The molecule has 1 N–H and O–H groups in total. The average Bonchev–Trinajstić information content (AvgIpc) is 3.33. The van der Waals surface area contributed by atoms with Gasteiger partial charge in [-0.2, -0.15) is 0 Å². The third kappa shape index (κ3) is 3.54. The Bertz CT molecular complexity index is 528. The molecule has 1 saturated heterocycles. The fourth-order valence-corrected chi connectivity index (χ4v) is 4.04. The smallest absolute Gasteiger partial charge is 0.226 e. The third-order valence-corrected chi connectivity index (χ3v) is 5.37. The number of rotatable bonds is 5. The maximum absolute atomic E-state index is 13.0. The number of hydrogen-bond donors (Lipinski definition) is 1. The van der Waals surface area contributed by atoms with E-state index in [0.717, 1.165) is 49.8 Å². The monoisotopic (exact) mass is 364 g/mol. The van der Waals surface area contributed by atoms with Gasteiger partial charge in [0.2, 0.25) is 5.91 Å². The van der Waals surface area contributed by atoms with Crippen LogP contribution in [-0.2, 0) is 4.79 Å². The zero-order chi connectivity index (χ0) is 15.5. The van der Waals surface area contributed by atoms with Gasteiger partial charge in [0, 0.05) is 23.0 Å². The molecule has 0 spiro atoms. The van der Waals surface area contributed by atoms with E-state index in [0.29, 0.717) is 17.9 Å². The predicted molar refractivity (Wildman–Crippen MR) is 92.9 cm³/mol. The molecule has 1 aromatic carbocycles. The van der Waals surface area contributed by atoms with Crippen molar-refractivity contribution in [2.24, 2.45) is 5.92 Å². The highest BCUT2D eigenvalue weighted by molar-refractivity contribution is 9.10. The quantitative estimate of drug-likeness (QED) is 0.866. The Morgan fingerprint density at radius 3 is 2.82 bits per heavy atom. The Balaban J connectivity index is 1.67. The highest BCUT2D eigenvalue weighted by Crippen LogP contribution is 2.49. The molecule has 120 valence electrons. The molecule has 2 aliphatic rings. The Morgan fingerprint density at radius 2 is 2.14 bits per heavy atom. The molecule has 0 bridgehead atoms. The molecule has 0 aromatic heterocycles. The number of halogens is 1. The lowest BCUT2D eigenvalue weighted by atomic mass is 10.0. The molecule has 1 aliphatic heterocycles. The summed E-state index contributed by atoms with van der Waals surface area (Å²) in [6, 6.07) is 8.86. The maximum Gasteiger partial charge on any atom is 0.226 e. The van der Waals surface area contributed by atoms with Gasteiger partial charge in [0.05, 0.1) is 0 Å². The molecule has 22 heavy (non-hydrogen) atoms. The van der Waals surface area contributed by atoms with Crippen molar-refractivity contribution in [3.63, 3.8) is 0 Å². The van der Waals surface area contributed by atoms with Crippen molar-refractivity contribution in [3.05, 3.63) is 34.3 Å². The van der Waals surface area contributed by atoms with Crippen molar-refractivity contribution in [3.8, 4) is 0 Å². The number of nitrogens with zero attached hydrogens (tertiary/aromatic N) is 1. The van der Waals surface area contributed by atoms with Crippen molar-refractivity contribution in [1.82, 2.24) is 10.2 Å². The fraction of sp³-hybridized carbons (Fsp3) is 0.611. The van der Waals surface area contributed by atoms with E-state index in [1.165, 1.54) is 5.56 Å². The summed E-state index contributed by atoms with van der Waals surface area (Å²) in [4.78, 5) is 15.1. The Labute approximate surface area is 141 Å². The van der Waals surface area contributed by atoms with E-state index < -0.39 is 0 Å². The normalized spacial score (nSPS) is 25.0. The number of hydrogen-bond acceptors (Lipinski definition) is 2. The molecular formula is C18H25BrN2O. The first-order valence-electron chi connectivity index (χ1n) is 8.47. The van der Waals surface area contributed by atoms with Crippen LogP contribution < -0.4 is 5.32 Å². The van der Waals surface area contributed by atoms with Crippen molar-refractivity contribution in [2.45, 2.75) is 44.6 Å². The Morgan fingerprint density at radius 1 is 1.36 bits per heavy atom. The lowest BCUT2D eigenvalue weighted by molar-refractivity contribution is -0.135. The molecule has 3 rings (SSSR count). The Kier molecular flexibility index (Phi) is 5.19. The largest absolute Gasteiger partial charge is 0.339 e. The summed E-state index contributed by atoms with van der Waals surface area (Å²) in [7, 11) is 0. The number of carbonyl (C=O) groups excluding carboxylic acids is 1. The van der Waals surface area contributed by atoms with Crippen LogP contribution in [-0.4, -0.2) is 36.5 Å². The molecule has 2 atom stereocenters. The lowest BCUT2D eigenvalue weighted by Gasteiger charge is -2.35. The summed E-state index contributed by atoms with van der Waals surface area (Å²) >= 11 is 3.53. The molecule has 2 unspecified atom stereocenters. The van der Waals surface area contributed by atoms with E-state index in [2.05, 4.69) is 51.3 Å². The van der Waals surface area contributed by atoms with Gasteiger partial charge in [-0.3, -0.25) is 4.79 Å². The van der Waals surface area contributed by atoms with E-state index in [1.807, 2.05) is 6.07 Å². The van der Waals surface area contributed by atoms with Gasteiger partial charge in [-0.05, 0) is 62.4 Å². The van der Waals surface area contributed by atoms with Gasteiger partial charge in [0.15, 0.2) is 0 Å². The molecular weight excluding hydrogens is 340 g/mol. The van der Waals surface area contributed by atoms with Gasteiger partial charge in [-0.1, -0.05) is 35.0 Å². The van der Waals surface area contributed by atoms with Crippen molar-refractivity contribution in [2.75, 3.05) is 19.6 Å². The first kappa shape index (κ1) is 16.0. The minimum absolute atomic E-state index is 0.204. The minimum Gasteiger partial charge on any atom is -0.339 e. The molecule has 4 heteroatoms. The van der Waals surface area contributed by atoms with Crippen molar-refractivity contribution >= 4 is 21.8 Å². The van der Waals surface area contributed by atoms with Gasteiger partial charge in [0.1, 0.15) is 0 Å². The SMILES string of the molecule is CCCN(C(=O)C1CC1c1cccc(Br)c1)C1CCNCC1. The maximum atomic E-state index is 13.0. The molecule has 1 heterocycles. The summed E-state index contributed by atoms with van der Waals surface area (Å²) in [6.07, 6.45) is 4.25. The van der Waals surface area contributed by atoms with Crippen LogP contribution in [0.3, 0.4) is 0 Å². The van der Waals surface area contributed by atoms with Crippen LogP contribution in [0, 0.1) is 5.92 Å². The number of benzene rings is 1. The molecule has 0 radical (unpaired) electrons. The van der Waals surface area contributed by atoms with Crippen LogP contribution in [0.25, 0.3) is 0 Å². The second-order valence-electron chi connectivity index (χ2n) is 6.52. The first-order chi connectivity index (χ1) is 10.7. The summed E-state index contributed by atoms with van der Waals surface area (Å²) in [5, 5.41) is 3.39. The van der Waals surface area contributed by atoms with E-state index >= 15 is 0 Å². The predicted octanol–water partition coefficient (Wildman–Crippen LogP) is 3.54. The second kappa shape index (κ2) is 7.14. The fourth-order valence-electron chi connectivity index (χ4n) is 3.62. The topological polar surface area (TPSA) is 32.3 Å². The van der Waals surface area contributed by atoms with Crippen LogP contribution in [0.2, 0.25) is 0 Å². The van der Waals surface area contributed by atoms with Crippen molar-refractivity contribution in [1.29, 1.82) is 0 Å². The van der Waals surface area contributed by atoms with Crippen LogP contribution in [0.4, 0.5) is 0 Å². The van der Waals surface area contributed by atoms with E-state index in [9.17, 15) is 4.79 Å². The number of nitrogens with one attached hydrogen (secondary N) is 1. The lowest BCUT2D eigenvalue weighted by Crippen LogP contribution is -2.47. The Hall–Kier alpha value is -0.870. The molecule has 1 saturated carbocycles. The average molecular weight is 365 g/mol. The van der Waals surface area contributed by atoms with Gasteiger partial charge < -0.3 is 10.2 Å². The van der Waals surface area contributed by atoms with Crippen molar-refractivity contribution < 1.29 is 4.79 Å². The van der Waals surface area contributed by atoms with E-state index in [1.54, 1.807) is 0 Å². The zero-order valence-electron chi connectivity index (χ0n) is 13.2. The highest BCUT2D eigenvalue weighted by atomic mass is 79.9. The molecule has 2 fully saturated rings. The van der Waals surface area contributed by atoms with Gasteiger partial charge >= 0.3 is 0 Å². The van der Waals surface area contributed by atoms with Crippen LogP contribution in [0.1, 0.15) is 44.1 Å². The summed E-state index contributed by atoms with van der Waals surface area (Å²) in [6.45, 7) is 5.15. The second-order valence-corrected chi connectivity index (χ2v) is 7.43. The van der Waals surface area contributed by atoms with Gasteiger partial charge in [-0.15, -0.1) is 0 Å². The summed E-state index contributed by atoms with van der Waals surface area (Å²) in [5.74, 6) is 1.01. The first-order valence-corrected chi connectivity index (χ1v) is 9.26.